The minimum Gasteiger partial charge on any atom is -0.317 e. The van der Waals surface area contributed by atoms with E-state index < -0.39 is 0 Å². The number of fused-ring (bicyclic) bond motifs is 1. The predicted octanol–water partition coefficient (Wildman–Crippen LogP) is 3.45. The highest BCUT2D eigenvalue weighted by Crippen LogP contribution is 2.57. The monoisotopic (exact) mass is 209 g/mol. The molecule has 0 aromatic heterocycles. The normalized spacial score (nSPS) is 36.4. The van der Waals surface area contributed by atoms with E-state index in [0.717, 1.165) is 29.7 Å². The standard InChI is InChI=1S/C14H27N/c1-10(2)8-9-13(15-3)14-11-6-4-5-7-12(11)14/h10-15H,4-9H2,1-3H3. The van der Waals surface area contributed by atoms with Gasteiger partial charge in [0.1, 0.15) is 0 Å². The molecule has 2 aliphatic rings. The Morgan fingerprint density at radius 2 is 1.67 bits per heavy atom. The van der Waals surface area contributed by atoms with E-state index >= 15 is 0 Å². The zero-order valence-corrected chi connectivity index (χ0v) is 10.6. The Kier molecular flexibility index (Phi) is 3.71. The molecule has 3 atom stereocenters. The number of hydrogen-bond donors (Lipinski definition) is 1. The van der Waals surface area contributed by atoms with Crippen molar-refractivity contribution in [3.05, 3.63) is 0 Å². The van der Waals surface area contributed by atoms with E-state index in [1.165, 1.54) is 38.5 Å². The number of nitrogens with one attached hydrogen (secondary N) is 1. The zero-order chi connectivity index (χ0) is 10.8. The molecule has 2 saturated carbocycles. The van der Waals surface area contributed by atoms with Crippen LogP contribution in [0, 0.1) is 23.7 Å². The summed E-state index contributed by atoms with van der Waals surface area (Å²) in [6.45, 7) is 4.68. The molecule has 0 heterocycles. The predicted molar refractivity (Wildman–Crippen MR) is 65.9 cm³/mol. The third-order valence-corrected chi connectivity index (χ3v) is 4.61. The average molecular weight is 209 g/mol. The van der Waals surface area contributed by atoms with Crippen LogP contribution < -0.4 is 5.32 Å². The lowest BCUT2D eigenvalue weighted by molar-refractivity contribution is 0.395. The Bertz CT molecular complexity index is 188. The Hall–Kier alpha value is -0.0400. The summed E-state index contributed by atoms with van der Waals surface area (Å²) < 4.78 is 0. The first-order valence-corrected chi connectivity index (χ1v) is 6.91. The molecule has 0 aliphatic heterocycles. The van der Waals surface area contributed by atoms with Gasteiger partial charge < -0.3 is 5.32 Å². The van der Waals surface area contributed by atoms with Gasteiger partial charge in [-0.2, -0.15) is 0 Å². The second kappa shape index (κ2) is 4.86. The van der Waals surface area contributed by atoms with Gasteiger partial charge >= 0.3 is 0 Å². The van der Waals surface area contributed by atoms with Crippen molar-refractivity contribution in [3.63, 3.8) is 0 Å². The summed E-state index contributed by atoms with van der Waals surface area (Å²) in [6, 6.07) is 0.820. The average Bonchev–Trinajstić information content (AvgIpc) is 2.94. The molecule has 0 radical (unpaired) electrons. The summed E-state index contributed by atoms with van der Waals surface area (Å²) in [6.07, 6.45) is 8.83. The molecular weight excluding hydrogens is 182 g/mol. The highest BCUT2D eigenvalue weighted by Gasteiger charge is 2.53. The molecule has 0 amide bonds. The summed E-state index contributed by atoms with van der Waals surface area (Å²) in [4.78, 5) is 0. The van der Waals surface area contributed by atoms with Gasteiger partial charge in [-0.1, -0.05) is 26.7 Å². The maximum Gasteiger partial charge on any atom is 0.00979 e. The molecule has 1 heteroatoms. The van der Waals surface area contributed by atoms with Crippen LogP contribution in [0.25, 0.3) is 0 Å². The molecule has 2 aliphatic carbocycles. The summed E-state index contributed by atoms with van der Waals surface area (Å²) in [5, 5.41) is 3.58. The van der Waals surface area contributed by atoms with E-state index in [1.807, 2.05) is 0 Å². The van der Waals surface area contributed by atoms with Gasteiger partial charge in [0.25, 0.3) is 0 Å². The van der Waals surface area contributed by atoms with Crippen LogP contribution >= 0.6 is 0 Å². The van der Waals surface area contributed by atoms with Crippen LogP contribution in [0.1, 0.15) is 52.4 Å². The van der Waals surface area contributed by atoms with Crippen molar-refractivity contribution in [2.75, 3.05) is 7.05 Å². The first-order valence-electron chi connectivity index (χ1n) is 6.91. The molecule has 0 aromatic rings. The fourth-order valence-electron chi connectivity index (χ4n) is 3.69. The SMILES string of the molecule is CNC(CCC(C)C)C1C2CCCCC21. The van der Waals surface area contributed by atoms with Crippen molar-refractivity contribution in [1.82, 2.24) is 5.32 Å². The van der Waals surface area contributed by atoms with Gasteiger partial charge in [0.2, 0.25) is 0 Å². The van der Waals surface area contributed by atoms with Crippen LogP contribution in [-0.4, -0.2) is 13.1 Å². The molecule has 2 rings (SSSR count). The third-order valence-electron chi connectivity index (χ3n) is 4.61. The van der Waals surface area contributed by atoms with Crippen LogP contribution in [0.15, 0.2) is 0 Å². The van der Waals surface area contributed by atoms with Crippen molar-refractivity contribution in [2.24, 2.45) is 23.7 Å². The van der Waals surface area contributed by atoms with Gasteiger partial charge in [0.05, 0.1) is 0 Å². The fourth-order valence-corrected chi connectivity index (χ4v) is 3.69. The number of rotatable bonds is 5. The molecule has 2 fully saturated rings. The summed E-state index contributed by atoms with van der Waals surface area (Å²) in [7, 11) is 2.16. The second-order valence-electron chi connectivity index (χ2n) is 6.06. The highest BCUT2D eigenvalue weighted by atomic mass is 14.9. The highest BCUT2D eigenvalue weighted by molar-refractivity contribution is 5.04. The summed E-state index contributed by atoms with van der Waals surface area (Å²) in [5.74, 6) is 4.10. The van der Waals surface area contributed by atoms with Gasteiger partial charge in [-0.3, -0.25) is 0 Å². The maximum atomic E-state index is 3.58. The quantitative estimate of drug-likeness (QED) is 0.731. The lowest BCUT2D eigenvalue weighted by Gasteiger charge is -2.17. The summed E-state index contributed by atoms with van der Waals surface area (Å²) in [5.41, 5.74) is 0. The Labute approximate surface area is 95.0 Å². The minimum absolute atomic E-state index is 0.820. The van der Waals surface area contributed by atoms with E-state index in [0.29, 0.717) is 0 Å². The van der Waals surface area contributed by atoms with Crippen LogP contribution in [0.3, 0.4) is 0 Å². The van der Waals surface area contributed by atoms with Crippen LogP contribution in [0.5, 0.6) is 0 Å². The lowest BCUT2D eigenvalue weighted by Crippen LogP contribution is -2.29. The zero-order valence-electron chi connectivity index (χ0n) is 10.6. The van der Waals surface area contributed by atoms with Crippen molar-refractivity contribution in [1.29, 1.82) is 0 Å². The lowest BCUT2D eigenvalue weighted by atomic mass is 9.98. The first kappa shape index (κ1) is 11.4. The summed E-state index contributed by atoms with van der Waals surface area (Å²) >= 11 is 0. The molecule has 15 heavy (non-hydrogen) atoms. The van der Waals surface area contributed by atoms with Gasteiger partial charge in [-0.25, -0.2) is 0 Å². The first-order chi connectivity index (χ1) is 7.24. The second-order valence-corrected chi connectivity index (χ2v) is 6.06. The van der Waals surface area contributed by atoms with Crippen LogP contribution in [0.2, 0.25) is 0 Å². The molecule has 3 unspecified atom stereocenters. The van der Waals surface area contributed by atoms with E-state index in [4.69, 9.17) is 0 Å². The number of hydrogen-bond acceptors (Lipinski definition) is 1. The molecule has 1 nitrogen and oxygen atoms in total. The van der Waals surface area contributed by atoms with Gasteiger partial charge in [0.15, 0.2) is 0 Å². The van der Waals surface area contributed by atoms with Crippen molar-refractivity contribution in [2.45, 2.75) is 58.4 Å². The molecule has 88 valence electrons. The van der Waals surface area contributed by atoms with E-state index in [2.05, 4.69) is 26.2 Å². The molecule has 0 bridgehead atoms. The van der Waals surface area contributed by atoms with Crippen molar-refractivity contribution >= 4 is 0 Å². The van der Waals surface area contributed by atoms with E-state index in [1.54, 1.807) is 0 Å². The minimum atomic E-state index is 0.820. The fraction of sp³-hybridized carbons (Fsp3) is 1.00. The molecule has 0 saturated heterocycles. The third kappa shape index (κ3) is 2.55. The van der Waals surface area contributed by atoms with Gasteiger partial charge in [-0.15, -0.1) is 0 Å². The van der Waals surface area contributed by atoms with Gasteiger partial charge in [0, 0.05) is 6.04 Å². The largest absolute Gasteiger partial charge is 0.317 e. The van der Waals surface area contributed by atoms with E-state index in [9.17, 15) is 0 Å². The molecule has 0 aromatic carbocycles. The molecular formula is C14H27N. The van der Waals surface area contributed by atoms with Crippen molar-refractivity contribution in [3.8, 4) is 0 Å². The van der Waals surface area contributed by atoms with Gasteiger partial charge in [-0.05, 0) is 56.4 Å². The Balaban J connectivity index is 1.80. The smallest absolute Gasteiger partial charge is 0.00979 e. The maximum absolute atomic E-state index is 3.58. The molecule has 0 spiro atoms. The van der Waals surface area contributed by atoms with Crippen LogP contribution in [0.4, 0.5) is 0 Å². The topological polar surface area (TPSA) is 12.0 Å². The van der Waals surface area contributed by atoms with Crippen molar-refractivity contribution < 1.29 is 0 Å². The molecule has 1 N–H and O–H groups in total. The Morgan fingerprint density at radius 1 is 1.07 bits per heavy atom. The van der Waals surface area contributed by atoms with Crippen LogP contribution in [-0.2, 0) is 0 Å². The Morgan fingerprint density at radius 3 is 2.13 bits per heavy atom. The van der Waals surface area contributed by atoms with E-state index in [-0.39, 0.29) is 0 Å².